The third kappa shape index (κ3) is 8.40. The Bertz CT molecular complexity index is 911. The maximum Gasteiger partial charge on any atom is 0.410 e. The molecule has 1 aromatic rings. The van der Waals surface area contributed by atoms with Gasteiger partial charge < -0.3 is 15.0 Å². The summed E-state index contributed by atoms with van der Waals surface area (Å²) in [5.41, 5.74) is -0.174. The van der Waals surface area contributed by atoms with Crippen LogP contribution in [0.4, 0.5) is 10.5 Å². The number of nitrogens with two attached hydrogens (primary N) is 1. The summed E-state index contributed by atoms with van der Waals surface area (Å²) in [6.45, 7) is 11.7. The van der Waals surface area contributed by atoms with Crippen molar-refractivity contribution in [3.63, 3.8) is 0 Å². The minimum atomic E-state index is -3.84. The van der Waals surface area contributed by atoms with Crippen LogP contribution in [0.2, 0.25) is 0 Å². The Morgan fingerprint density at radius 3 is 2.59 bits per heavy atom. The fourth-order valence-electron chi connectivity index (χ4n) is 3.69. The molecule has 1 aromatic carbocycles. The molecule has 2 rings (SSSR count). The highest BCUT2D eigenvalue weighted by molar-refractivity contribution is 7.89. The van der Waals surface area contributed by atoms with Crippen molar-refractivity contribution in [1.29, 1.82) is 0 Å². The third-order valence-electron chi connectivity index (χ3n) is 5.12. The molecule has 0 bridgehead atoms. The van der Waals surface area contributed by atoms with E-state index >= 15 is 0 Å². The Morgan fingerprint density at radius 1 is 1.31 bits per heavy atom. The summed E-state index contributed by atoms with van der Waals surface area (Å²) in [6, 6.07) is 5.88. The fraction of sp³-hybridized carbons (Fsp3) is 0.636. The van der Waals surface area contributed by atoms with Crippen LogP contribution in [-0.4, -0.2) is 68.0 Å². The predicted molar refractivity (Wildman–Crippen MR) is 124 cm³/mol. The van der Waals surface area contributed by atoms with Crippen LogP contribution < -0.4 is 10.5 Å². The van der Waals surface area contributed by atoms with Crippen molar-refractivity contribution in [1.82, 2.24) is 9.80 Å². The highest BCUT2D eigenvalue weighted by Crippen LogP contribution is 2.21. The zero-order valence-corrected chi connectivity index (χ0v) is 20.4. The first-order valence-electron chi connectivity index (χ1n) is 10.9. The third-order valence-corrected chi connectivity index (χ3v) is 6.03. The largest absolute Gasteiger partial charge is 0.444 e. The van der Waals surface area contributed by atoms with E-state index in [0.29, 0.717) is 18.8 Å². The molecule has 10 heteroatoms. The van der Waals surface area contributed by atoms with Crippen molar-refractivity contribution in [3.8, 4) is 0 Å². The molecule has 1 aliphatic heterocycles. The number of carbonyl (C=O) groups excluding carboxylic acids is 2. The van der Waals surface area contributed by atoms with Crippen LogP contribution in [0.5, 0.6) is 0 Å². The lowest BCUT2D eigenvalue weighted by molar-refractivity contribution is -0.117. The van der Waals surface area contributed by atoms with Crippen LogP contribution in [-0.2, 0) is 19.6 Å². The minimum Gasteiger partial charge on any atom is -0.444 e. The van der Waals surface area contributed by atoms with Crippen molar-refractivity contribution in [2.75, 3.05) is 31.5 Å². The quantitative estimate of drug-likeness (QED) is 0.634. The van der Waals surface area contributed by atoms with Crippen molar-refractivity contribution in [2.24, 2.45) is 11.1 Å². The molecule has 0 saturated carbocycles. The van der Waals surface area contributed by atoms with Crippen LogP contribution in [0, 0.1) is 5.92 Å². The molecule has 1 aliphatic rings. The summed E-state index contributed by atoms with van der Waals surface area (Å²) < 4.78 is 28.6. The predicted octanol–water partition coefficient (Wildman–Crippen LogP) is 2.63. The Hall–Kier alpha value is -2.17. The molecule has 1 atom stereocenters. The van der Waals surface area contributed by atoms with Gasteiger partial charge in [0.25, 0.3) is 0 Å². The van der Waals surface area contributed by atoms with Gasteiger partial charge in [-0.2, -0.15) is 0 Å². The molecule has 1 heterocycles. The molecular formula is C22H36N4O5S. The zero-order chi connectivity index (χ0) is 24.1. The molecular weight excluding hydrogens is 432 g/mol. The summed E-state index contributed by atoms with van der Waals surface area (Å²) in [4.78, 5) is 28.9. The van der Waals surface area contributed by atoms with E-state index in [0.717, 1.165) is 19.4 Å². The molecule has 0 aromatic heterocycles. The van der Waals surface area contributed by atoms with Crippen LogP contribution in [0.15, 0.2) is 29.2 Å². The van der Waals surface area contributed by atoms with Gasteiger partial charge in [-0.15, -0.1) is 0 Å². The van der Waals surface area contributed by atoms with Gasteiger partial charge in [0, 0.05) is 24.8 Å². The van der Waals surface area contributed by atoms with E-state index in [9.17, 15) is 18.0 Å². The lowest BCUT2D eigenvalue weighted by Gasteiger charge is -2.37. The highest BCUT2D eigenvalue weighted by atomic mass is 32.2. The Balaban J connectivity index is 1.94. The Labute approximate surface area is 191 Å². The monoisotopic (exact) mass is 468 g/mol. The number of anilines is 1. The van der Waals surface area contributed by atoms with Gasteiger partial charge >= 0.3 is 6.09 Å². The lowest BCUT2D eigenvalue weighted by Crippen LogP contribution is -2.48. The van der Waals surface area contributed by atoms with Gasteiger partial charge in [-0.3, -0.25) is 9.69 Å². The summed E-state index contributed by atoms with van der Waals surface area (Å²) in [5, 5.41) is 7.89. The molecule has 9 nitrogen and oxygen atoms in total. The van der Waals surface area contributed by atoms with E-state index in [1.165, 1.54) is 18.2 Å². The molecule has 32 heavy (non-hydrogen) atoms. The maximum atomic E-state index is 12.6. The second-order valence-corrected chi connectivity index (χ2v) is 11.2. The summed E-state index contributed by atoms with van der Waals surface area (Å²) >= 11 is 0. The van der Waals surface area contributed by atoms with Gasteiger partial charge in [-0.05, 0) is 78.1 Å². The number of benzene rings is 1. The average Bonchev–Trinajstić information content (AvgIpc) is 2.64. The van der Waals surface area contributed by atoms with Crippen LogP contribution in [0.3, 0.4) is 0 Å². The number of hydrogen-bond acceptors (Lipinski definition) is 6. The van der Waals surface area contributed by atoms with Crippen molar-refractivity contribution in [3.05, 3.63) is 24.3 Å². The Morgan fingerprint density at radius 2 is 2.00 bits per heavy atom. The van der Waals surface area contributed by atoms with Gasteiger partial charge in [0.2, 0.25) is 15.9 Å². The minimum absolute atomic E-state index is 0.00891. The van der Waals surface area contributed by atoms with Crippen LogP contribution >= 0.6 is 0 Å². The fourth-order valence-corrected chi connectivity index (χ4v) is 4.25. The molecule has 1 saturated heterocycles. The van der Waals surface area contributed by atoms with Crippen LogP contribution in [0.1, 0.15) is 47.5 Å². The average molecular weight is 469 g/mol. The first kappa shape index (κ1) is 26.1. The van der Waals surface area contributed by atoms with E-state index < -0.39 is 15.6 Å². The van der Waals surface area contributed by atoms with Crippen molar-refractivity contribution < 1.29 is 22.7 Å². The Kier molecular flexibility index (Phi) is 8.67. The number of likely N-dealkylation sites (tertiary alicyclic amines) is 1. The lowest BCUT2D eigenvalue weighted by atomic mass is 9.97. The second-order valence-electron chi connectivity index (χ2n) is 9.59. The van der Waals surface area contributed by atoms with Gasteiger partial charge in [-0.1, -0.05) is 6.07 Å². The standard InChI is InChI=1S/C22H36N4O5S/c1-16(2)26(21(28)31-22(3,4)5)14-17-8-7-11-25(13-17)15-20(27)24-18-9-6-10-19(12-18)32(23,29)30/h6,9-10,12,16-17H,7-8,11,13-15H2,1-5H3,(H,24,27)(H2,23,29,30). The number of rotatable bonds is 7. The number of hydrogen-bond donors (Lipinski definition) is 2. The number of nitrogens with zero attached hydrogens (tertiary/aromatic N) is 2. The van der Waals surface area contributed by atoms with Gasteiger partial charge in [0.1, 0.15) is 5.60 Å². The van der Waals surface area contributed by atoms with Gasteiger partial charge in [0.05, 0.1) is 11.4 Å². The molecule has 2 amide bonds. The molecule has 3 N–H and O–H groups in total. The zero-order valence-electron chi connectivity index (χ0n) is 19.6. The van der Waals surface area contributed by atoms with E-state index in [4.69, 9.17) is 9.88 Å². The number of ether oxygens (including phenoxy) is 1. The molecule has 1 fully saturated rings. The molecule has 1 unspecified atom stereocenters. The second kappa shape index (κ2) is 10.6. The van der Waals surface area contributed by atoms with E-state index in [1.54, 1.807) is 11.0 Å². The number of piperidine rings is 1. The van der Waals surface area contributed by atoms with Gasteiger partial charge in [-0.25, -0.2) is 18.4 Å². The van der Waals surface area contributed by atoms with E-state index in [2.05, 4.69) is 10.2 Å². The van der Waals surface area contributed by atoms with Gasteiger partial charge in [0.15, 0.2) is 0 Å². The number of amides is 2. The summed E-state index contributed by atoms with van der Waals surface area (Å²) in [5.74, 6) is 0.00209. The maximum absolute atomic E-state index is 12.6. The van der Waals surface area contributed by atoms with E-state index in [1.807, 2.05) is 34.6 Å². The normalized spacial score (nSPS) is 17.8. The van der Waals surface area contributed by atoms with Crippen molar-refractivity contribution in [2.45, 2.75) is 64.0 Å². The number of primary sulfonamides is 1. The SMILES string of the molecule is CC(C)N(CC1CCCN(CC(=O)Nc2cccc(S(N)(=O)=O)c2)C1)C(=O)OC(C)(C)C. The first-order valence-corrected chi connectivity index (χ1v) is 12.4. The summed E-state index contributed by atoms with van der Waals surface area (Å²) in [6.07, 6.45) is 1.58. The first-order chi connectivity index (χ1) is 14.7. The molecule has 0 aliphatic carbocycles. The number of sulfonamides is 1. The number of carbonyl (C=O) groups is 2. The van der Waals surface area contributed by atoms with Crippen LogP contribution in [0.25, 0.3) is 0 Å². The number of nitrogens with one attached hydrogen (secondary N) is 1. The topological polar surface area (TPSA) is 122 Å². The van der Waals surface area contributed by atoms with Crippen molar-refractivity contribution >= 4 is 27.7 Å². The molecule has 0 radical (unpaired) electrons. The molecule has 180 valence electrons. The summed E-state index contributed by atoms with van der Waals surface area (Å²) in [7, 11) is -3.84. The molecule has 0 spiro atoms. The highest BCUT2D eigenvalue weighted by Gasteiger charge is 2.29. The smallest absolute Gasteiger partial charge is 0.410 e. The van der Waals surface area contributed by atoms with E-state index in [-0.39, 0.29) is 35.4 Å².